The molecule has 1 aromatic heterocycles. The number of aryl methyl sites for hydroxylation is 1. The summed E-state index contributed by atoms with van der Waals surface area (Å²) in [7, 11) is -4.48. The summed E-state index contributed by atoms with van der Waals surface area (Å²) in [6.07, 6.45) is 15.1. The standard InChI is InChI=1S/C20H29N2O5P/c21-20(15-27-28(23,24)25)10-7-18(14-20)17-3-5-19(6-4-17)26-13-1-2-16-8-11-22-12-9-16/h3,5-6,8-9,11-12,17-18H,1-2,4,7,10,13-15,21H2,(H2,23,24,25)/t17?,18-,20-/m1/s1. The fourth-order valence-corrected chi connectivity index (χ4v) is 4.42. The first kappa shape index (κ1) is 21.2. The lowest BCUT2D eigenvalue weighted by Crippen LogP contribution is -2.42. The van der Waals surface area contributed by atoms with Gasteiger partial charge in [0.2, 0.25) is 0 Å². The Labute approximate surface area is 165 Å². The highest BCUT2D eigenvalue weighted by molar-refractivity contribution is 7.46. The summed E-state index contributed by atoms with van der Waals surface area (Å²) >= 11 is 0. The van der Waals surface area contributed by atoms with Crippen LogP contribution in [0.1, 0.15) is 37.7 Å². The van der Waals surface area contributed by atoms with Crippen molar-refractivity contribution in [3.63, 3.8) is 0 Å². The minimum Gasteiger partial charge on any atom is -0.494 e. The highest BCUT2D eigenvalue weighted by atomic mass is 31.2. The number of pyridine rings is 1. The monoisotopic (exact) mass is 408 g/mol. The van der Waals surface area contributed by atoms with Crippen LogP contribution in [-0.2, 0) is 20.2 Å². The molecule has 8 heteroatoms. The van der Waals surface area contributed by atoms with Crippen LogP contribution in [0.25, 0.3) is 0 Å². The molecule has 3 atom stereocenters. The molecule has 1 saturated carbocycles. The number of ether oxygens (including phenoxy) is 1. The molecule has 0 bridgehead atoms. The van der Waals surface area contributed by atoms with Crippen LogP contribution in [0.4, 0.5) is 0 Å². The first-order valence-corrected chi connectivity index (χ1v) is 11.3. The average molecular weight is 408 g/mol. The van der Waals surface area contributed by atoms with Gasteiger partial charge >= 0.3 is 7.82 Å². The molecule has 2 aliphatic carbocycles. The molecule has 2 aliphatic rings. The van der Waals surface area contributed by atoms with E-state index in [1.54, 1.807) is 12.4 Å². The smallest absolute Gasteiger partial charge is 0.469 e. The van der Waals surface area contributed by atoms with Gasteiger partial charge in [-0.25, -0.2) is 4.57 Å². The highest BCUT2D eigenvalue weighted by Gasteiger charge is 2.40. The normalized spacial score (nSPS) is 27.6. The van der Waals surface area contributed by atoms with Gasteiger partial charge in [-0.15, -0.1) is 0 Å². The Balaban J connectivity index is 1.38. The van der Waals surface area contributed by atoms with E-state index < -0.39 is 13.4 Å². The van der Waals surface area contributed by atoms with Gasteiger partial charge in [-0.05, 0) is 80.2 Å². The van der Waals surface area contributed by atoms with Gasteiger partial charge in [0.05, 0.1) is 13.2 Å². The second-order valence-electron chi connectivity index (χ2n) is 7.80. The van der Waals surface area contributed by atoms with Crippen LogP contribution in [0.5, 0.6) is 0 Å². The summed E-state index contributed by atoms with van der Waals surface area (Å²) in [5.74, 6) is 1.68. The van der Waals surface area contributed by atoms with Crippen molar-refractivity contribution in [1.82, 2.24) is 4.98 Å². The van der Waals surface area contributed by atoms with Crippen LogP contribution >= 0.6 is 7.82 Å². The number of hydrogen-bond donors (Lipinski definition) is 3. The lowest BCUT2D eigenvalue weighted by molar-refractivity contribution is 0.150. The molecule has 1 unspecified atom stereocenters. The number of hydrogen-bond acceptors (Lipinski definition) is 5. The molecular weight excluding hydrogens is 379 g/mol. The molecule has 1 fully saturated rings. The largest absolute Gasteiger partial charge is 0.494 e. The topological polar surface area (TPSA) is 115 Å². The Hall–Kier alpha value is -1.50. The van der Waals surface area contributed by atoms with Crippen LogP contribution < -0.4 is 5.73 Å². The van der Waals surface area contributed by atoms with Crippen LogP contribution in [0.2, 0.25) is 0 Å². The number of rotatable bonds is 9. The van der Waals surface area contributed by atoms with Crippen molar-refractivity contribution >= 4 is 7.82 Å². The number of allylic oxidation sites excluding steroid dienone is 3. The number of aromatic nitrogens is 1. The molecule has 154 valence electrons. The Morgan fingerprint density at radius 3 is 2.79 bits per heavy atom. The first-order chi connectivity index (χ1) is 13.3. The predicted octanol–water partition coefficient (Wildman–Crippen LogP) is 3.10. The third-order valence-corrected chi connectivity index (χ3v) is 6.00. The molecule has 0 spiro atoms. The SMILES string of the molecule is N[C@]1(COP(=O)(O)O)CC[C@@H](C2C=CC(OCCCc3ccncc3)=CC2)C1. The van der Waals surface area contributed by atoms with Crippen molar-refractivity contribution in [3.05, 3.63) is 54.1 Å². The van der Waals surface area contributed by atoms with Gasteiger partial charge in [0.1, 0.15) is 5.76 Å². The lowest BCUT2D eigenvalue weighted by Gasteiger charge is -2.26. The molecule has 3 rings (SSSR count). The summed E-state index contributed by atoms with van der Waals surface area (Å²) in [4.78, 5) is 21.8. The van der Waals surface area contributed by atoms with Crippen LogP contribution in [0.15, 0.2) is 48.5 Å². The Morgan fingerprint density at radius 2 is 2.11 bits per heavy atom. The minimum atomic E-state index is -4.48. The fraction of sp³-hybridized carbons (Fsp3) is 0.550. The number of phosphoric ester groups is 1. The molecule has 0 aliphatic heterocycles. The van der Waals surface area contributed by atoms with E-state index >= 15 is 0 Å². The molecule has 1 heterocycles. The number of nitrogens with zero attached hydrogens (tertiary/aromatic N) is 1. The molecule has 7 nitrogen and oxygen atoms in total. The second-order valence-corrected chi connectivity index (χ2v) is 9.04. The summed E-state index contributed by atoms with van der Waals surface area (Å²) in [5, 5.41) is 0. The van der Waals surface area contributed by atoms with E-state index in [-0.39, 0.29) is 6.61 Å². The molecule has 0 saturated heterocycles. The van der Waals surface area contributed by atoms with Crippen LogP contribution in [0, 0.1) is 11.8 Å². The maximum Gasteiger partial charge on any atom is 0.469 e. The zero-order chi connectivity index (χ0) is 20.0. The van der Waals surface area contributed by atoms with Crippen molar-refractivity contribution in [2.24, 2.45) is 17.6 Å². The third kappa shape index (κ3) is 6.54. The quantitative estimate of drug-likeness (QED) is 0.425. The molecule has 0 aromatic carbocycles. The van der Waals surface area contributed by atoms with E-state index in [2.05, 4.69) is 21.7 Å². The molecule has 4 N–H and O–H groups in total. The van der Waals surface area contributed by atoms with E-state index in [1.165, 1.54) is 5.56 Å². The summed E-state index contributed by atoms with van der Waals surface area (Å²) in [5.41, 5.74) is 6.89. The van der Waals surface area contributed by atoms with Gasteiger partial charge in [-0.1, -0.05) is 6.08 Å². The van der Waals surface area contributed by atoms with Gasteiger partial charge in [-0.3, -0.25) is 9.51 Å². The Bertz CT molecular complexity index is 748. The van der Waals surface area contributed by atoms with E-state index in [1.807, 2.05) is 18.2 Å². The minimum absolute atomic E-state index is 0.105. The highest BCUT2D eigenvalue weighted by Crippen LogP contribution is 2.44. The van der Waals surface area contributed by atoms with Crippen molar-refractivity contribution in [1.29, 1.82) is 0 Å². The van der Waals surface area contributed by atoms with Gasteiger partial charge in [-0.2, -0.15) is 0 Å². The van der Waals surface area contributed by atoms with Crippen LogP contribution in [0.3, 0.4) is 0 Å². The van der Waals surface area contributed by atoms with Gasteiger partial charge in [0.15, 0.2) is 0 Å². The Morgan fingerprint density at radius 1 is 1.32 bits per heavy atom. The summed E-state index contributed by atoms with van der Waals surface area (Å²) in [6, 6.07) is 4.04. The summed E-state index contributed by atoms with van der Waals surface area (Å²) < 4.78 is 21.4. The first-order valence-electron chi connectivity index (χ1n) is 9.72. The maximum atomic E-state index is 10.9. The van der Waals surface area contributed by atoms with Gasteiger partial charge < -0.3 is 20.3 Å². The van der Waals surface area contributed by atoms with Crippen LogP contribution in [-0.4, -0.2) is 33.5 Å². The van der Waals surface area contributed by atoms with Gasteiger partial charge in [0.25, 0.3) is 0 Å². The summed E-state index contributed by atoms with van der Waals surface area (Å²) in [6.45, 7) is 0.574. The van der Waals surface area contributed by atoms with Crippen molar-refractivity contribution < 1.29 is 23.6 Å². The zero-order valence-electron chi connectivity index (χ0n) is 15.9. The van der Waals surface area contributed by atoms with E-state index in [4.69, 9.17) is 20.3 Å². The Kier molecular flexibility index (Phi) is 7.07. The number of phosphoric acid groups is 1. The van der Waals surface area contributed by atoms with Crippen molar-refractivity contribution in [2.45, 2.75) is 44.1 Å². The van der Waals surface area contributed by atoms with E-state index in [9.17, 15) is 4.57 Å². The van der Waals surface area contributed by atoms with E-state index in [0.717, 1.165) is 31.4 Å². The predicted molar refractivity (Wildman–Crippen MR) is 106 cm³/mol. The number of nitrogens with two attached hydrogens (primary N) is 1. The third-order valence-electron chi connectivity index (χ3n) is 5.53. The average Bonchev–Trinajstić information content (AvgIpc) is 3.07. The zero-order valence-corrected chi connectivity index (χ0v) is 16.8. The molecular formula is C20H29N2O5P. The molecule has 0 radical (unpaired) electrons. The molecule has 1 aromatic rings. The molecule has 0 amide bonds. The van der Waals surface area contributed by atoms with Crippen molar-refractivity contribution in [2.75, 3.05) is 13.2 Å². The van der Waals surface area contributed by atoms with Gasteiger partial charge in [0, 0.05) is 17.9 Å². The van der Waals surface area contributed by atoms with Crippen molar-refractivity contribution in [3.8, 4) is 0 Å². The molecule has 28 heavy (non-hydrogen) atoms. The maximum absolute atomic E-state index is 10.9. The van der Waals surface area contributed by atoms with E-state index in [0.29, 0.717) is 31.3 Å². The fourth-order valence-electron chi connectivity index (χ4n) is 4.00. The lowest BCUT2D eigenvalue weighted by atomic mass is 9.84. The second kappa shape index (κ2) is 9.33.